The van der Waals surface area contributed by atoms with Gasteiger partial charge in [-0.05, 0) is 30.9 Å². The predicted octanol–water partition coefficient (Wildman–Crippen LogP) is 3.86. The van der Waals surface area contributed by atoms with Gasteiger partial charge in [0, 0.05) is 26.6 Å². The minimum atomic E-state index is 0. The van der Waals surface area contributed by atoms with Crippen LogP contribution < -0.4 is 10.6 Å². The van der Waals surface area contributed by atoms with Crippen molar-refractivity contribution in [2.45, 2.75) is 44.9 Å². The van der Waals surface area contributed by atoms with E-state index >= 15 is 0 Å². The number of rotatable bonds is 7. The van der Waals surface area contributed by atoms with E-state index in [1.54, 1.807) is 0 Å². The first-order valence-corrected chi connectivity index (χ1v) is 9.23. The van der Waals surface area contributed by atoms with E-state index in [1.165, 1.54) is 38.5 Å². The molecule has 0 unspecified atom stereocenters. The second kappa shape index (κ2) is 10.6. The second-order valence-electron chi connectivity index (χ2n) is 6.67. The fourth-order valence-electron chi connectivity index (χ4n) is 3.54. The van der Waals surface area contributed by atoms with Crippen molar-refractivity contribution in [2.24, 2.45) is 10.9 Å². The molecule has 0 saturated heterocycles. The van der Waals surface area contributed by atoms with Crippen LogP contribution in [0.25, 0.3) is 11.0 Å². The van der Waals surface area contributed by atoms with Crippen molar-refractivity contribution >= 4 is 41.0 Å². The molecule has 3 rings (SSSR count). The summed E-state index contributed by atoms with van der Waals surface area (Å²) in [6.45, 7) is 1.82. The van der Waals surface area contributed by atoms with Gasteiger partial charge in [-0.1, -0.05) is 37.8 Å². The number of hydrogen-bond acceptors (Lipinski definition) is 2. The van der Waals surface area contributed by atoms with Gasteiger partial charge in [-0.25, -0.2) is 4.98 Å². The Bertz CT molecular complexity index is 628. The molecule has 1 fully saturated rings. The number of aromatic amines is 1. The molecule has 0 radical (unpaired) electrons. The summed E-state index contributed by atoms with van der Waals surface area (Å²) in [7, 11) is 1.83. The molecular formula is C19H30IN5. The van der Waals surface area contributed by atoms with E-state index in [9.17, 15) is 0 Å². The van der Waals surface area contributed by atoms with Gasteiger partial charge >= 0.3 is 0 Å². The molecule has 5 nitrogen and oxygen atoms in total. The Labute approximate surface area is 167 Å². The molecule has 25 heavy (non-hydrogen) atoms. The number of H-pyrrole nitrogens is 1. The van der Waals surface area contributed by atoms with E-state index in [2.05, 4.69) is 31.7 Å². The Balaban J connectivity index is 0.00000225. The van der Waals surface area contributed by atoms with Crippen LogP contribution in [0.15, 0.2) is 29.3 Å². The van der Waals surface area contributed by atoms with Crippen molar-refractivity contribution in [3.05, 3.63) is 30.1 Å². The molecule has 0 aliphatic heterocycles. The van der Waals surface area contributed by atoms with Crippen molar-refractivity contribution < 1.29 is 0 Å². The number of halogens is 1. The lowest BCUT2D eigenvalue weighted by Gasteiger charge is -2.13. The van der Waals surface area contributed by atoms with Crippen molar-refractivity contribution in [1.29, 1.82) is 0 Å². The Morgan fingerprint density at radius 1 is 1.20 bits per heavy atom. The number of nitrogens with one attached hydrogen (secondary N) is 3. The fraction of sp³-hybridized carbons (Fsp3) is 0.579. The van der Waals surface area contributed by atoms with Crippen molar-refractivity contribution in [3.63, 3.8) is 0 Å². The minimum absolute atomic E-state index is 0. The Morgan fingerprint density at radius 2 is 1.96 bits per heavy atom. The van der Waals surface area contributed by atoms with Gasteiger partial charge in [0.15, 0.2) is 5.96 Å². The lowest BCUT2D eigenvalue weighted by molar-refractivity contribution is 0.481. The van der Waals surface area contributed by atoms with Crippen LogP contribution in [0.4, 0.5) is 0 Å². The number of fused-ring (bicyclic) bond motifs is 1. The SMILES string of the molecule is CN=C(NCCCC1CCCC1)NCCc1nc2ccccc2[nH]1.I. The van der Waals surface area contributed by atoms with E-state index in [1.807, 2.05) is 25.2 Å². The number of para-hydroxylation sites is 2. The molecule has 0 atom stereocenters. The van der Waals surface area contributed by atoms with Crippen LogP contribution in [0.5, 0.6) is 0 Å². The van der Waals surface area contributed by atoms with Gasteiger partial charge < -0.3 is 15.6 Å². The average Bonchev–Trinajstić information content (AvgIpc) is 3.25. The largest absolute Gasteiger partial charge is 0.356 e. The Hall–Kier alpha value is -1.31. The molecule has 138 valence electrons. The van der Waals surface area contributed by atoms with Gasteiger partial charge in [0.1, 0.15) is 5.82 Å². The molecule has 1 heterocycles. The fourth-order valence-corrected chi connectivity index (χ4v) is 3.54. The highest BCUT2D eigenvalue weighted by Crippen LogP contribution is 2.28. The molecular weight excluding hydrogens is 425 g/mol. The molecule has 1 aromatic carbocycles. The number of imidazole rings is 1. The van der Waals surface area contributed by atoms with Gasteiger partial charge in [0.2, 0.25) is 0 Å². The summed E-state index contributed by atoms with van der Waals surface area (Å²) in [6, 6.07) is 8.14. The maximum absolute atomic E-state index is 4.60. The van der Waals surface area contributed by atoms with Gasteiger partial charge in [-0.2, -0.15) is 0 Å². The maximum atomic E-state index is 4.60. The van der Waals surface area contributed by atoms with E-state index in [4.69, 9.17) is 0 Å². The number of aromatic nitrogens is 2. The molecule has 0 amide bonds. The summed E-state index contributed by atoms with van der Waals surface area (Å²) in [6.07, 6.45) is 9.18. The van der Waals surface area contributed by atoms with E-state index in [-0.39, 0.29) is 24.0 Å². The highest BCUT2D eigenvalue weighted by atomic mass is 127. The van der Waals surface area contributed by atoms with Crippen molar-refractivity contribution in [1.82, 2.24) is 20.6 Å². The summed E-state index contributed by atoms with van der Waals surface area (Å²) < 4.78 is 0. The summed E-state index contributed by atoms with van der Waals surface area (Å²) in [5.41, 5.74) is 2.13. The van der Waals surface area contributed by atoms with E-state index in [0.717, 1.165) is 48.2 Å². The first-order valence-electron chi connectivity index (χ1n) is 9.23. The molecule has 1 aromatic heterocycles. The van der Waals surface area contributed by atoms with Crippen LogP contribution in [0.2, 0.25) is 0 Å². The van der Waals surface area contributed by atoms with Gasteiger partial charge in [-0.15, -0.1) is 24.0 Å². The lowest BCUT2D eigenvalue weighted by Crippen LogP contribution is -2.38. The molecule has 1 aliphatic rings. The highest BCUT2D eigenvalue weighted by molar-refractivity contribution is 14.0. The normalized spacial score (nSPS) is 15.3. The van der Waals surface area contributed by atoms with Crippen LogP contribution in [-0.2, 0) is 6.42 Å². The van der Waals surface area contributed by atoms with Crippen LogP contribution in [0, 0.1) is 5.92 Å². The zero-order valence-corrected chi connectivity index (χ0v) is 17.4. The smallest absolute Gasteiger partial charge is 0.190 e. The van der Waals surface area contributed by atoms with Crippen LogP contribution >= 0.6 is 24.0 Å². The Morgan fingerprint density at radius 3 is 2.72 bits per heavy atom. The summed E-state index contributed by atoms with van der Waals surface area (Å²) >= 11 is 0. The maximum Gasteiger partial charge on any atom is 0.190 e. The monoisotopic (exact) mass is 455 g/mol. The van der Waals surface area contributed by atoms with Crippen LogP contribution in [0.1, 0.15) is 44.3 Å². The van der Waals surface area contributed by atoms with Crippen molar-refractivity contribution in [3.8, 4) is 0 Å². The number of guanidine groups is 1. The topological polar surface area (TPSA) is 65.1 Å². The number of nitrogens with zero attached hydrogens (tertiary/aromatic N) is 2. The Kier molecular flexibility index (Phi) is 8.51. The third kappa shape index (κ3) is 6.17. The van der Waals surface area contributed by atoms with Gasteiger partial charge in [-0.3, -0.25) is 4.99 Å². The number of benzene rings is 1. The second-order valence-corrected chi connectivity index (χ2v) is 6.67. The summed E-state index contributed by atoms with van der Waals surface area (Å²) in [5, 5.41) is 6.78. The molecule has 0 spiro atoms. The molecule has 1 aliphatic carbocycles. The standard InChI is InChI=1S/C19H29N5.HI/c1-20-19(21-13-6-9-15-7-2-3-8-15)22-14-12-18-23-16-10-4-5-11-17(16)24-18;/h4-5,10-11,15H,2-3,6-9,12-14H2,1H3,(H,23,24)(H2,20,21,22);1H. The summed E-state index contributed by atoms with van der Waals surface area (Å²) in [5.74, 6) is 2.87. The zero-order chi connectivity index (χ0) is 16.6. The van der Waals surface area contributed by atoms with E-state index < -0.39 is 0 Å². The van der Waals surface area contributed by atoms with Gasteiger partial charge in [0.25, 0.3) is 0 Å². The first kappa shape index (κ1) is 20.0. The quantitative estimate of drug-likeness (QED) is 0.257. The first-order chi connectivity index (χ1) is 11.8. The highest BCUT2D eigenvalue weighted by Gasteiger charge is 2.14. The average molecular weight is 455 g/mol. The lowest BCUT2D eigenvalue weighted by atomic mass is 10.0. The zero-order valence-electron chi connectivity index (χ0n) is 15.1. The van der Waals surface area contributed by atoms with Crippen LogP contribution in [-0.4, -0.2) is 36.1 Å². The molecule has 2 aromatic rings. The van der Waals surface area contributed by atoms with Crippen molar-refractivity contribution in [2.75, 3.05) is 20.1 Å². The third-order valence-corrected chi connectivity index (χ3v) is 4.87. The number of hydrogen-bond donors (Lipinski definition) is 3. The van der Waals surface area contributed by atoms with Crippen LogP contribution in [0.3, 0.4) is 0 Å². The third-order valence-electron chi connectivity index (χ3n) is 4.87. The molecule has 3 N–H and O–H groups in total. The molecule has 1 saturated carbocycles. The van der Waals surface area contributed by atoms with Gasteiger partial charge in [0.05, 0.1) is 11.0 Å². The predicted molar refractivity (Wildman–Crippen MR) is 116 cm³/mol. The van der Waals surface area contributed by atoms with E-state index in [0.29, 0.717) is 0 Å². The number of aliphatic imine (C=N–C) groups is 1. The molecule has 0 bridgehead atoms. The summed E-state index contributed by atoms with van der Waals surface area (Å²) in [4.78, 5) is 12.3. The minimum Gasteiger partial charge on any atom is -0.356 e. The molecule has 6 heteroatoms.